The van der Waals surface area contributed by atoms with Gasteiger partial charge >= 0.3 is 5.97 Å². The zero-order chi connectivity index (χ0) is 14.1. The van der Waals surface area contributed by atoms with E-state index < -0.39 is 0 Å². The van der Waals surface area contributed by atoms with Gasteiger partial charge in [0.2, 0.25) is 0 Å². The summed E-state index contributed by atoms with van der Waals surface area (Å²) in [6.07, 6.45) is 8.99. The van der Waals surface area contributed by atoms with Gasteiger partial charge in [0.15, 0.2) is 0 Å². The first-order chi connectivity index (χ1) is 9.22. The van der Waals surface area contributed by atoms with Gasteiger partial charge < -0.3 is 4.74 Å². The number of carbonyl (C=O) groups is 1. The smallest absolute Gasteiger partial charge is 0.330 e. The summed E-state index contributed by atoms with van der Waals surface area (Å²) in [6.45, 7) is 4.37. The van der Waals surface area contributed by atoms with Crippen molar-refractivity contribution >= 4 is 12.0 Å². The molecule has 0 saturated heterocycles. The Balaban J connectivity index is 3.05. The van der Waals surface area contributed by atoms with Gasteiger partial charge in [0.1, 0.15) is 0 Å². The van der Waals surface area contributed by atoms with E-state index in [0.29, 0.717) is 0 Å². The third-order valence-electron chi connectivity index (χ3n) is 3.19. The Labute approximate surface area is 116 Å². The van der Waals surface area contributed by atoms with E-state index in [-0.39, 0.29) is 5.97 Å². The minimum absolute atomic E-state index is 0.298. The molecule has 0 aromatic heterocycles. The Morgan fingerprint density at radius 2 is 1.84 bits per heavy atom. The predicted molar refractivity (Wildman–Crippen MR) is 80.1 cm³/mol. The van der Waals surface area contributed by atoms with Gasteiger partial charge in [-0.3, -0.25) is 0 Å². The van der Waals surface area contributed by atoms with Crippen LogP contribution in [0.25, 0.3) is 6.08 Å². The number of carbonyl (C=O) groups excluding carboxylic acids is 1. The average molecular weight is 260 g/mol. The van der Waals surface area contributed by atoms with E-state index in [4.69, 9.17) is 0 Å². The molecule has 0 amide bonds. The highest BCUT2D eigenvalue weighted by atomic mass is 16.5. The van der Waals surface area contributed by atoms with Gasteiger partial charge in [-0.05, 0) is 42.0 Å². The van der Waals surface area contributed by atoms with Crippen molar-refractivity contribution in [3.8, 4) is 0 Å². The lowest BCUT2D eigenvalue weighted by Crippen LogP contribution is -1.98. The summed E-state index contributed by atoms with van der Waals surface area (Å²) >= 11 is 0. The Bertz CT molecular complexity index is 433. The summed E-state index contributed by atoms with van der Waals surface area (Å²) in [5.74, 6) is -0.298. The van der Waals surface area contributed by atoms with Gasteiger partial charge in [-0.25, -0.2) is 4.79 Å². The quantitative estimate of drug-likeness (QED) is 0.543. The van der Waals surface area contributed by atoms with E-state index in [1.807, 2.05) is 6.08 Å². The monoisotopic (exact) mass is 260 g/mol. The van der Waals surface area contributed by atoms with Crippen molar-refractivity contribution in [2.24, 2.45) is 0 Å². The highest BCUT2D eigenvalue weighted by molar-refractivity contribution is 5.87. The van der Waals surface area contributed by atoms with Crippen LogP contribution in [0.1, 0.15) is 49.8 Å². The molecule has 0 unspecified atom stereocenters. The molecular weight excluding hydrogens is 236 g/mol. The molecule has 1 aromatic rings. The van der Waals surface area contributed by atoms with Gasteiger partial charge in [0, 0.05) is 6.08 Å². The molecule has 19 heavy (non-hydrogen) atoms. The van der Waals surface area contributed by atoms with Crippen LogP contribution in [0.15, 0.2) is 24.3 Å². The molecular formula is C17H24O2. The molecule has 0 radical (unpaired) electrons. The molecule has 1 aromatic carbocycles. The first-order valence-electron chi connectivity index (χ1n) is 7.09. The number of esters is 1. The molecule has 1 rings (SSSR count). The molecule has 0 bridgehead atoms. The second kappa shape index (κ2) is 8.52. The Kier molecular flexibility index (Phi) is 6.94. The van der Waals surface area contributed by atoms with Crippen LogP contribution in [0, 0.1) is 0 Å². The second-order valence-corrected chi connectivity index (χ2v) is 4.70. The summed E-state index contributed by atoms with van der Waals surface area (Å²) in [6, 6.07) is 6.42. The summed E-state index contributed by atoms with van der Waals surface area (Å²) in [5, 5.41) is 0. The lowest BCUT2D eigenvalue weighted by molar-refractivity contribution is -0.134. The molecule has 0 N–H and O–H groups in total. The zero-order valence-corrected chi connectivity index (χ0v) is 12.2. The van der Waals surface area contributed by atoms with Gasteiger partial charge in [-0.1, -0.05) is 44.9 Å². The summed E-state index contributed by atoms with van der Waals surface area (Å²) in [7, 11) is 1.41. The van der Waals surface area contributed by atoms with Gasteiger partial charge in [-0.2, -0.15) is 0 Å². The average Bonchev–Trinajstić information content (AvgIpc) is 2.43. The van der Waals surface area contributed by atoms with Crippen molar-refractivity contribution in [3.05, 3.63) is 41.0 Å². The maximum absolute atomic E-state index is 11.3. The number of hydrogen-bond donors (Lipinski definition) is 0. The molecule has 2 heteroatoms. The first kappa shape index (κ1) is 15.5. The molecule has 104 valence electrons. The van der Waals surface area contributed by atoms with Crippen molar-refractivity contribution in [3.63, 3.8) is 0 Å². The molecule has 0 saturated carbocycles. The molecule has 0 atom stereocenters. The van der Waals surface area contributed by atoms with Crippen LogP contribution < -0.4 is 0 Å². The predicted octanol–water partition coefficient (Wildman–Crippen LogP) is 4.17. The van der Waals surface area contributed by atoms with Crippen LogP contribution in [-0.4, -0.2) is 13.1 Å². The zero-order valence-electron chi connectivity index (χ0n) is 12.2. The van der Waals surface area contributed by atoms with Crippen molar-refractivity contribution < 1.29 is 9.53 Å². The fourth-order valence-electron chi connectivity index (χ4n) is 2.17. The molecule has 0 spiro atoms. The molecule has 2 nitrogen and oxygen atoms in total. The van der Waals surface area contributed by atoms with E-state index in [1.165, 1.54) is 42.7 Å². The Morgan fingerprint density at radius 3 is 2.42 bits per heavy atom. The molecule has 0 aliphatic heterocycles. The van der Waals surface area contributed by atoms with E-state index in [0.717, 1.165) is 19.3 Å². The summed E-state index contributed by atoms with van der Waals surface area (Å²) < 4.78 is 4.67. The van der Waals surface area contributed by atoms with Crippen molar-refractivity contribution in [1.82, 2.24) is 0 Å². The first-order valence-corrected chi connectivity index (χ1v) is 7.09. The maximum Gasteiger partial charge on any atom is 0.330 e. The Hall–Kier alpha value is -1.57. The number of methoxy groups -OCH3 is 1. The van der Waals surface area contributed by atoms with Crippen LogP contribution >= 0.6 is 0 Å². The second-order valence-electron chi connectivity index (χ2n) is 4.70. The van der Waals surface area contributed by atoms with Crippen molar-refractivity contribution in [1.29, 1.82) is 0 Å². The SMILES string of the molecule is CCCCc1cccc(CCC)c1/C=C/C(=O)OC. The lowest BCUT2D eigenvalue weighted by atomic mass is 9.94. The molecule has 0 fully saturated rings. The van der Waals surface area contributed by atoms with Crippen LogP contribution in [0.5, 0.6) is 0 Å². The fourth-order valence-corrected chi connectivity index (χ4v) is 2.17. The fraction of sp³-hybridized carbons (Fsp3) is 0.471. The van der Waals surface area contributed by atoms with Crippen LogP contribution in [0.4, 0.5) is 0 Å². The number of ether oxygens (including phenoxy) is 1. The van der Waals surface area contributed by atoms with E-state index in [2.05, 4.69) is 36.8 Å². The highest BCUT2D eigenvalue weighted by Crippen LogP contribution is 2.20. The minimum Gasteiger partial charge on any atom is -0.466 e. The Morgan fingerprint density at radius 1 is 1.16 bits per heavy atom. The molecule has 0 aliphatic rings. The maximum atomic E-state index is 11.3. The highest BCUT2D eigenvalue weighted by Gasteiger charge is 2.05. The topological polar surface area (TPSA) is 26.3 Å². The molecule has 0 heterocycles. The number of aryl methyl sites for hydroxylation is 2. The van der Waals surface area contributed by atoms with Gasteiger partial charge in [0.05, 0.1) is 7.11 Å². The number of rotatable bonds is 7. The van der Waals surface area contributed by atoms with E-state index >= 15 is 0 Å². The summed E-state index contributed by atoms with van der Waals surface area (Å²) in [4.78, 5) is 11.3. The van der Waals surface area contributed by atoms with E-state index in [9.17, 15) is 4.79 Å². The summed E-state index contributed by atoms with van der Waals surface area (Å²) in [5.41, 5.74) is 3.84. The number of hydrogen-bond acceptors (Lipinski definition) is 2. The third kappa shape index (κ3) is 4.90. The van der Waals surface area contributed by atoms with Gasteiger partial charge in [-0.15, -0.1) is 0 Å². The number of benzene rings is 1. The van der Waals surface area contributed by atoms with Crippen molar-refractivity contribution in [2.75, 3.05) is 7.11 Å². The number of unbranched alkanes of at least 4 members (excludes halogenated alkanes) is 1. The van der Waals surface area contributed by atoms with E-state index in [1.54, 1.807) is 0 Å². The third-order valence-corrected chi connectivity index (χ3v) is 3.19. The normalized spacial score (nSPS) is 10.9. The van der Waals surface area contributed by atoms with Gasteiger partial charge in [0.25, 0.3) is 0 Å². The standard InChI is InChI=1S/C17H24O2/c1-4-6-9-15-11-7-10-14(8-5-2)16(15)12-13-17(18)19-3/h7,10-13H,4-6,8-9H2,1-3H3/b13-12+. The van der Waals surface area contributed by atoms with Crippen LogP contribution in [0.2, 0.25) is 0 Å². The van der Waals surface area contributed by atoms with Crippen LogP contribution in [0.3, 0.4) is 0 Å². The molecule has 0 aliphatic carbocycles. The van der Waals surface area contributed by atoms with Crippen LogP contribution in [-0.2, 0) is 22.4 Å². The largest absolute Gasteiger partial charge is 0.466 e. The minimum atomic E-state index is -0.298. The lowest BCUT2D eigenvalue weighted by Gasteiger charge is -2.11. The van der Waals surface area contributed by atoms with Crippen molar-refractivity contribution in [2.45, 2.75) is 46.0 Å².